The van der Waals surface area contributed by atoms with Gasteiger partial charge in [-0.15, -0.1) is 0 Å². The Labute approximate surface area is 240 Å². The van der Waals surface area contributed by atoms with E-state index in [1.807, 2.05) is 0 Å². The van der Waals surface area contributed by atoms with E-state index in [1.165, 1.54) is 0 Å². The van der Waals surface area contributed by atoms with Gasteiger partial charge in [0.15, 0.2) is 0 Å². The lowest BCUT2D eigenvalue weighted by Crippen LogP contribution is -2.56. The largest absolute Gasteiger partial charge is 0.396 e. The van der Waals surface area contributed by atoms with Gasteiger partial charge < -0.3 is 20.4 Å². The number of aliphatic hydroxyl groups excluding tert-OH is 4. The molecule has 0 bridgehead atoms. The van der Waals surface area contributed by atoms with Crippen LogP contribution in [0.4, 0.5) is 0 Å². The van der Waals surface area contributed by atoms with Crippen molar-refractivity contribution < 1.29 is 20.4 Å². The first-order valence-corrected chi connectivity index (χ1v) is 15.0. The van der Waals surface area contributed by atoms with Gasteiger partial charge in [-0.1, -0.05) is 119 Å². The van der Waals surface area contributed by atoms with Crippen LogP contribution in [0.1, 0.15) is 115 Å². The molecule has 0 saturated carbocycles. The second-order valence-corrected chi connectivity index (χ2v) is 16.3. The van der Waals surface area contributed by atoms with Crippen molar-refractivity contribution in [1.29, 1.82) is 0 Å². The van der Waals surface area contributed by atoms with Gasteiger partial charge >= 0.3 is 0 Å². The Hall–Kier alpha value is -1.20. The normalized spacial score (nSPS) is 24.1. The van der Waals surface area contributed by atoms with Crippen LogP contribution in [0, 0.1) is 32.5 Å². The molecule has 39 heavy (non-hydrogen) atoms. The molecule has 0 heterocycles. The van der Waals surface area contributed by atoms with E-state index in [1.54, 1.807) is 0 Å². The Kier molecular flexibility index (Phi) is 10.1. The minimum absolute atomic E-state index is 0.129. The highest BCUT2D eigenvalue weighted by molar-refractivity contribution is 5.45. The predicted octanol–water partition coefficient (Wildman–Crippen LogP) is 7.53. The van der Waals surface area contributed by atoms with Crippen molar-refractivity contribution in [2.24, 2.45) is 32.5 Å². The molecule has 2 unspecified atom stereocenters. The second-order valence-electron chi connectivity index (χ2n) is 16.3. The van der Waals surface area contributed by atoms with E-state index in [2.05, 4.69) is 107 Å². The summed E-state index contributed by atoms with van der Waals surface area (Å²) in [5.41, 5.74) is 2.15. The second kappa shape index (κ2) is 11.6. The molecular weight excluding hydrogens is 484 g/mol. The monoisotopic (exact) mass is 544 g/mol. The lowest BCUT2D eigenvalue weighted by molar-refractivity contribution is -0.0829. The van der Waals surface area contributed by atoms with Gasteiger partial charge in [0.25, 0.3) is 0 Å². The van der Waals surface area contributed by atoms with E-state index < -0.39 is 23.0 Å². The SMILES string of the molecule is CC(C)(C)C1(C(C)(C)C)C=C(CCCO)C=C(CC2=CC(CCCO)=CC(C(C)(C)C)(C(C)(C)C)C2O)C1O. The first kappa shape index (κ1) is 34.0. The molecule has 2 aliphatic rings. The smallest absolute Gasteiger partial charge is 0.0857 e. The van der Waals surface area contributed by atoms with Crippen LogP contribution in [0.2, 0.25) is 0 Å². The average molecular weight is 545 g/mol. The van der Waals surface area contributed by atoms with Gasteiger partial charge in [0.05, 0.1) is 12.2 Å². The minimum Gasteiger partial charge on any atom is -0.396 e. The van der Waals surface area contributed by atoms with Crippen molar-refractivity contribution in [2.75, 3.05) is 13.2 Å². The number of rotatable bonds is 8. The lowest BCUT2D eigenvalue weighted by atomic mass is 9.47. The summed E-state index contributed by atoms with van der Waals surface area (Å²) in [4.78, 5) is 0. The van der Waals surface area contributed by atoms with Crippen LogP contribution in [-0.2, 0) is 0 Å². The highest BCUT2D eigenvalue weighted by Crippen LogP contribution is 2.61. The van der Waals surface area contributed by atoms with Gasteiger partial charge in [0.1, 0.15) is 0 Å². The van der Waals surface area contributed by atoms with Gasteiger partial charge in [-0.3, -0.25) is 0 Å². The molecule has 0 aromatic rings. The number of aliphatic hydroxyl groups is 4. The number of hydrogen-bond acceptors (Lipinski definition) is 4. The summed E-state index contributed by atoms with van der Waals surface area (Å²) in [6.45, 7) is 26.7. The van der Waals surface area contributed by atoms with Crippen LogP contribution < -0.4 is 0 Å². The highest BCUT2D eigenvalue weighted by atomic mass is 16.3. The molecule has 0 amide bonds. The maximum atomic E-state index is 12.2. The first-order chi connectivity index (χ1) is 17.6. The summed E-state index contributed by atoms with van der Waals surface area (Å²) < 4.78 is 0. The third-order valence-electron chi connectivity index (χ3n) is 9.75. The third kappa shape index (κ3) is 6.20. The maximum absolute atomic E-state index is 12.2. The summed E-state index contributed by atoms with van der Waals surface area (Å²) >= 11 is 0. The molecular formula is C35H60O4. The topological polar surface area (TPSA) is 80.9 Å². The number of allylic oxidation sites excluding steroid dienone is 4. The average Bonchev–Trinajstić information content (AvgIpc) is 2.76. The molecule has 0 spiro atoms. The molecule has 224 valence electrons. The third-order valence-corrected chi connectivity index (χ3v) is 9.75. The zero-order chi connectivity index (χ0) is 30.2. The molecule has 0 saturated heterocycles. The summed E-state index contributed by atoms with van der Waals surface area (Å²) in [6, 6.07) is 0. The first-order valence-electron chi connectivity index (χ1n) is 15.0. The van der Waals surface area contributed by atoms with Gasteiger partial charge in [0, 0.05) is 24.0 Å². The summed E-state index contributed by atoms with van der Waals surface area (Å²) in [6.07, 6.45) is 10.7. The van der Waals surface area contributed by atoms with Crippen LogP contribution in [0.3, 0.4) is 0 Å². The van der Waals surface area contributed by atoms with E-state index >= 15 is 0 Å². The summed E-state index contributed by atoms with van der Waals surface area (Å²) in [5, 5.41) is 43.7. The van der Waals surface area contributed by atoms with Crippen molar-refractivity contribution in [1.82, 2.24) is 0 Å². The molecule has 4 nitrogen and oxygen atoms in total. The Balaban J connectivity index is 2.76. The molecule has 2 aliphatic carbocycles. The van der Waals surface area contributed by atoms with Crippen LogP contribution in [0.5, 0.6) is 0 Å². The molecule has 0 aromatic carbocycles. The van der Waals surface area contributed by atoms with Crippen LogP contribution in [-0.4, -0.2) is 45.8 Å². The molecule has 0 fully saturated rings. The zero-order valence-corrected chi connectivity index (χ0v) is 27.2. The molecule has 0 radical (unpaired) electrons. The fourth-order valence-electron chi connectivity index (χ4n) is 8.19. The van der Waals surface area contributed by atoms with Gasteiger partial charge in [-0.25, -0.2) is 0 Å². The Morgan fingerprint density at radius 1 is 0.564 bits per heavy atom. The molecule has 4 heteroatoms. The summed E-state index contributed by atoms with van der Waals surface area (Å²) in [7, 11) is 0. The zero-order valence-electron chi connectivity index (χ0n) is 27.2. The Bertz CT molecular complexity index is 872. The fraction of sp³-hybridized carbons (Fsp3) is 0.771. The van der Waals surface area contributed by atoms with Crippen molar-refractivity contribution in [2.45, 2.75) is 127 Å². The van der Waals surface area contributed by atoms with Gasteiger partial charge in [-0.05, 0) is 64.9 Å². The molecule has 4 N–H and O–H groups in total. The van der Waals surface area contributed by atoms with Crippen molar-refractivity contribution >= 4 is 0 Å². The maximum Gasteiger partial charge on any atom is 0.0857 e. The minimum atomic E-state index is -0.714. The quantitative estimate of drug-likeness (QED) is 0.255. The van der Waals surface area contributed by atoms with Gasteiger partial charge in [-0.2, -0.15) is 0 Å². The van der Waals surface area contributed by atoms with Crippen molar-refractivity contribution in [3.63, 3.8) is 0 Å². The van der Waals surface area contributed by atoms with Crippen LogP contribution in [0.25, 0.3) is 0 Å². The van der Waals surface area contributed by atoms with Crippen LogP contribution >= 0.6 is 0 Å². The van der Waals surface area contributed by atoms with Crippen LogP contribution in [0.15, 0.2) is 46.6 Å². The molecule has 0 aliphatic heterocycles. The molecule has 2 atom stereocenters. The summed E-state index contributed by atoms with van der Waals surface area (Å²) in [5.74, 6) is 0. The van der Waals surface area contributed by atoms with E-state index in [4.69, 9.17) is 0 Å². The Morgan fingerprint density at radius 2 is 0.846 bits per heavy atom. The van der Waals surface area contributed by atoms with E-state index in [0.717, 1.165) is 35.1 Å². The van der Waals surface area contributed by atoms with Gasteiger partial charge in [0.2, 0.25) is 0 Å². The Morgan fingerprint density at radius 3 is 1.08 bits per heavy atom. The highest BCUT2D eigenvalue weighted by Gasteiger charge is 2.58. The lowest BCUT2D eigenvalue weighted by Gasteiger charge is -2.58. The predicted molar refractivity (Wildman–Crippen MR) is 164 cm³/mol. The van der Waals surface area contributed by atoms with E-state index in [0.29, 0.717) is 19.3 Å². The van der Waals surface area contributed by atoms with E-state index in [-0.39, 0.29) is 34.9 Å². The fourth-order valence-corrected chi connectivity index (χ4v) is 8.19. The van der Waals surface area contributed by atoms with Crippen molar-refractivity contribution in [3.8, 4) is 0 Å². The van der Waals surface area contributed by atoms with E-state index in [9.17, 15) is 20.4 Å². The molecule has 2 rings (SSSR count). The number of hydrogen-bond donors (Lipinski definition) is 4. The van der Waals surface area contributed by atoms with Crippen molar-refractivity contribution in [3.05, 3.63) is 46.6 Å². The molecule has 0 aromatic heterocycles. The standard InChI is InChI=1S/C35H60O4/c1-30(2,3)34(31(4,5)6)22-24(15-13-17-36)19-26(28(34)38)21-27-20-25(16-14-18-37)23-35(29(27)39,32(7,8)9)33(10,11)12/h19-20,22-23,28-29,36-39H,13-18,21H2,1-12H3.